The number of hydrogen-bond acceptors (Lipinski definition) is 5. The van der Waals surface area contributed by atoms with Crippen LogP contribution in [0.15, 0.2) is 28.8 Å². The van der Waals surface area contributed by atoms with Gasteiger partial charge in [-0.2, -0.15) is 4.98 Å². The highest BCUT2D eigenvalue weighted by Crippen LogP contribution is 2.31. The Balaban J connectivity index is 1.70. The molecule has 0 amide bonds. The average Bonchev–Trinajstić information content (AvgIpc) is 3.10. The molecule has 0 bridgehead atoms. The molecule has 20 heavy (non-hydrogen) atoms. The molecule has 3 rings (SSSR count). The van der Waals surface area contributed by atoms with E-state index in [1.165, 1.54) is 0 Å². The first-order valence-electron chi connectivity index (χ1n) is 6.67. The van der Waals surface area contributed by atoms with Crippen molar-refractivity contribution in [2.24, 2.45) is 5.73 Å². The number of ether oxygens (including phenoxy) is 1. The average molecular weight is 294 g/mol. The van der Waals surface area contributed by atoms with Crippen LogP contribution in [0.4, 0.5) is 0 Å². The molecule has 2 heterocycles. The highest BCUT2D eigenvalue weighted by molar-refractivity contribution is 6.31. The second-order valence-corrected chi connectivity index (χ2v) is 5.28. The topological polar surface area (TPSA) is 74.2 Å². The van der Waals surface area contributed by atoms with E-state index < -0.39 is 0 Å². The van der Waals surface area contributed by atoms with Gasteiger partial charge in [0.05, 0.1) is 6.10 Å². The van der Waals surface area contributed by atoms with Crippen LogP contribution in [0.3, 0.4) is 0 Å². The molecule has 0 saturated carbocycles. The number of rotatable bonds is 4. The highest BCUT2D eigenvalue weighted by Gasteiger charge is 2.29. The molecule has 1 aliphatic heterocycles. The van der Waals surface area contributed by atoms with Crippen LogP contribution in [0.5, 0.6) is 0 Å². The van der Waals surface area contributed by atoms with Gasteiger partial charge < -0.3 is 15.0 Å². The quantitative estimate of drug-likeness (QED) is 0.937. The van der Waals surface area contributed by atoms with Crippen LogP contribution in [-0.2, 0) is 11.2 Å². The number of nitrogens with two attached hydrogens (primary N) is 1. The molecule has 1 aromatic heterocycles. The minimum atomic E-state index is -0.129. The van der Waals surface area contributed by atoms with E-state index in [4.69, 9.17) is 26.6 Å². The van der Waals surface area contributed by atoms with Crippen molar-refractivity contribution in [2.45, 2.75) is 31.5 Å². The Morgan fingerprint density at radius 1 is 1.30 bits per heavy atom. The summed E-state index contributed by atoms with van der Waals surface area (Å²) < 4.78 is 11.0. The summed E-state index contributed by atoms with van der Waals surface area (Å²) in [6.07, 6.45) is 2.32. The molecule has 6 heteroatoms. The summed E-state index contributed by atoms with van der Waals surface area (Å²) in [4.78, 5) is 4.40. The standard InChI is InChI=1S/C14H16ClN3O2/c15-11-4-2-1-3-9(11)7-13-17-14(20-18-13)12-6-5-10(8-16)19-12/h1-4,10,12H,5-8,16H2. The highest BCUT2D eigenvalue weighted by atomic mass is 35.5. The van der Waals surface area contributed by atoms with Gasteiger partial charge >= 0.3 is 0 Å². The van der Waals surface area contributed by atoms with Gasteiger partial charge in [0.2, 0.25) is 0 Å². The van der Waals surface area contributed by atoms with Gasteiger partial charge in [-0.05, 0) is 24.5 Å². The summed E-state index contributed by atoms with van der Waals surface area (Å²) in [6, 6.07) is 7.64. The molecule has 1 fully saturated rings. The van der Waals surface area contributed by atoms with E-state index in [0.717, 1.165) is 18.4 Å². The number of halogens is 1. The Morgan fingerprint density at radius 2 is 2.15 bits per heavy atom. The monoisotopic (exact) mass is 293 g/mol. The molecule has 1 saturated heterocycles. The number of aromatic nitrogens is 2. The van der Waals surface area contributed by atoms with Gasteiger partial charge in [0.25, 0.3) is 5.89 Å². The second kappa shape index (κ2) is 5.91. The zero-order valence-corrected chi connectivity index (χ0v) is 11.7. The van der Waals surface area contributed by atoms with Crippen molar-refractivity contribution in [3.05, 3.63) is 46.6 Å². The van der Waals surface area contributed by atoms with Gasteiger partial charge in [-0.15, -0.1) is 0 Å². The lowest BCUT2D eigenvalue weighted by molar-refractivity contribution is 0.0307. The summed E-state index contributed by atoms with van der Waals surface area (Å²) in [5, 5.41) is 4.70. The molecule has 2 aromatic rings. The fraction of sp³-hybridized carbons (Fsp3) is 0.429. The molecule has 1 aromatic carbocycles. The molecular formula is C14H16ClN3O2. The third-order valence-corrected chi connectivity index (χ3v) is 3.80. The molecule has 1 aliphatic rings. The first kappa shape index (κ1) is 13.5. The molecule has 2 N–H and O–H groups in total. The molecule has 5 nitrogen and oxygen atoms in total. The minimum Gasteiger partial charge on any atom is -0.364 e. The summed E-state index contributed by atoms with van der Waals surface area (Å²) in [7, 11) is 0. The predicted octanol–water partition coefficient (Wildman–Crippen LogP) is 2.49. The lowest BCUT2D eigenvalue weighted by atomic mass is 10.1. The maximum absolute atomic E-state index is 6.12. The third kappa shape index (κ3) is 2.85. The van der Waals surface area contributed by atoms with Gasteiger partial charge in [-0.3, -0.25) is 0 Å². The van der Waals surface area contributed by atoms with E-state index in [1.807, 2.05) is 24.3 Å². The zero-order chi connectivity index (χ0) is 13.9. The van der Waals surface area contributed by atoms with E-state index in [0.29, 0.717) is 29.7 Å². The van der Waals surface area contributed by atoms with Crippen molar-refractivity contribution in [2.75, 3.05) is 6.54 Å². The summed E-state index contributed by atoms with van der Waals surface area (Å²) in [5.41, 5.74) is 6.57. The van der Waals surface area contributed by atoms with Crippen LogP contribution in [0.25, 0.3) is 0 Å². The van der Waals surface area contributed by atoms with E-state index in [2.05, 4.69) is 10.1 Å². The van der Waals surface area contributed by atoms with Crippen LogP contribution in [0.2, 0.25) is 5.02 Å². The van der Waals surface area contributed by atoms with Crippen molar-refractivity contribution in [3.63, 3.8) is 0 Å². The zero-order valence-electron chi connectivity index (χ0n) is 11.0. The molecule has 0 radical (unpaired) electrons. The summed E-state index contributed by atoms with van der Waals surface area (Å²) >= 11 is 6.12. The van der Waals surface area contributed by atoms with Crippen LogP contribution in [-0.4, -0.2) is 22.8 Å². The Labute approximate surface area is 122 Å². The molecule has 0 spiro atoms. The first-order chi connectivity index (χ1) is 9.76. The van der Waals surface area contributed by atoms with Crippen molar-refractivity contribution >= 4 is 11.6 Å². The van der Waals surface area contributed by atoms with Gasteiger partial charge in [0, 0.05) is 18.0 Å². The number of benzene rings is 1. The SMILES string of the molecule is NCC1CCC(c2nc(Cc3ccccc3Cl)no2)O1. The Morgan fingerprint density at radius 3 is 2.90 bits per heavy atom. The predicted molar refractivity (Wildman–Crippen MR) is 74.5 cm³/mol. The van der Waals surface area contributed by atoms with Crippen molar-refractivity contribution in [3.8, 4) is 0 Å². The lowest BCUT2D eigenvalue weighted by Crippen LogP contribution is -2.18. The van der Waals surface area contributed by atoms with Gasteiger partial charge in [0.1, 0.15) is 6.10 Å². The van der Waals surface area contributed by atoms with Crippen molar-refractivity contribution in [1.82, 2.24) is 10.1 Å². The van der Waals surface area contributed by atoms with E-state index >= 15 is 0 Å². The normalized spacial score (nSPS) is 22.3. The van der Waals surface area contributed by atoms with Crippen LogP contribution >= 0.6 is 11.6 Å². The minimum absolute atomic E-state index is 0.0962. The van der Waals surface area contributed by atoms with Crippen LogP contribution in [0, 0.1) is 0 Å². The third-order valence-electron chi connectivity index (χ3n) is 3.44. The smallest absolute Gasteiger partial charge is 0.255 e. The molecular weight excluding hydrogens is 278 g/mol. The fourth-order valence-corrected chi connectivity index (χ4v) is 2.55. The van der Waals surface area contributed by atoms with E-state index in [-0.39, 0.29) is 12.2 Å². The summed E-state index contributed by atoms with van der Waals surface area (Å²) in [5.74, 6) is 1.15. The Kier molecular flexibility index (Phi) is 4.00. The summed E-state index contributed by atoms with van der Waals surface area (Å²) in [6.45, 7) is 0.525. The van der Waals surface area contributed by atoms with Crippen LogP contribution < -0.4 is 5.73 Å². The van der Waals surface area contributed by atoms with Crippen molar-refractivity contribution in [1.29, 1.82) is 0 Å². The number of hydrogen-bond donors (Lipinski definition) is 1. The van der Waals surface area contributed by atoms with Gasteiger partial charge in [0.15, 0.2) is 5.82 Å². The van der Waals surface area contributed by atoms with Gasteiger partial charge in [-0.25, -0.2) is 0 Å². The second-order valence-electron chi connectivity index (χ2n) is 4.88. The van der Waals surface area contributed by atoms with Crippen molar-refractivity contribution < 1.29 is 9.26 Å². The van der Waals surface area contributed by atoms with E-state index in [1.54, 1.807) is 0 Å². The first-order valence-corrected chi connectivity index (χ1v) is 7.05. The maximum Gasteiger partial charge on any atom is 0.255 e. The molecule has 106 valence electrons. The Bertz CT molecular complexity index is 587. The van der Waals surface area contributed by atoms with E-state index in [9.17, 15) is 0 Å². The molecule has 2 unspecified atom stereocenters. The maximum atomic E-state index is 6.12. The lowest BCUT2D eigenvalue weighted by Gasteiger charge is -2.07. The number of nitrogens with zero attached hydrogens (tertiary/aromatic N) is 2. The van der Waals surface area contributed by atoms with Gasteiger partial charge in [-0.1, -0.05) is 35.0 Å². The van der Waals surface area contributed by atoms with Crippen LogP contribution in [0.1, 0.15) is 36.2 Å². The molecule has 0 aliphatic carbocycles. The Hall–Kier alpha value is -1.43. The fourth-order valence-electron chi connectivity index (χ4n) is 2.34. The largest absolute Gasteiger partial charge is 0.364 e. The molecule has 2 atom stereocenters.